The molecule has 1 rings (SSSR count). The SMILES string of the molecule is COCC(C(=O)O)S(=O)(=O)C1CCCCC1. The lowest BCUT2D eigenvalue weighted by Crippen LogP contribution is -2.41. The van der Waals surface area contributed by atoms with Crippen molar-refractivity contribution in [3.8, 4) is 0 Å². The van der Waals surface area contributed by atoms with E-state index in [1.54, 1.807) is 0 Å². The highest BCUT2D eigenvalue weighted by atomic mass is 32.2. The Morgan fingerprint density at radius 3 is 2.38 bits per heavy atom. The molecule has 1 fully saturated rings. The zero-order valence-electron chi connectivity index (χ0n) is 9.39. The lowest BCUT2D eigenvalue weighted by Gasteiger charge is -2.24. The van der Waals surface area contributed by atoms with Gasteiger partial charge >= 0.3 is 5.97 Å². The van der Waals surface area contributed by atoms with Gasteiger partial charge in [-0.2, -0.15) is 0 Å². The predicted octanol–water partition coefficient (Wildman–Crippen LogP) is 0.833. The Balaban J connectivity index is 2.83. The predicted molar refractivity (Wildman–Crippen MR) is 59.1 cm³/mol. The van der Waals surface area contributed by atoms with Crippen LogP contribution in [0.3, 0.4) is 0 Å². The summed E-state index contributed by atoms with van der Waals surface area (Å²) in [4.78, 5) is 10.9. The second-order valence-corrected chi connectivity index (χ2v) is 6.55. The molecule has 1 saturated carbocycles. The summed E-state index contributed by atoms with van der Waals surface area (Å²) in [5, 5.41) is 6.99. The van der Waals surface area contributed by atoms with Gasteiger partial charge in [0.1, 0.15) is 0 Å². The molecule has 1 atom stereocenters. The Labute approximate surface area is 95.7 Å². The van der Waals surface area contributed by atoms with Gasteiger partial charge in [0, 0.05) is 7.11 Å². The van der Waals surface area contributed by atoms with Crippen molar-refractivity contribution in [1.29, 1.82) is 0 Å². The molecule has 6 heteroatoms. The zero-order chi connectivity index (χ0) is 12.2. The molecule has 1 aliphatic carbocycles. The van der Waals surface area contributed by atoms with E-state index in [1.165, 1.54) is 7.11 Å². The number of sulfone groups is 1. The van der Waals surface area contributed by atoms with Crippen LogP contribution in [0, 0.1) is 0 Å². The minimum Gasteiger partial charge on any atom is -0.480 e. The molecule has 0 bridgehead atoms. The number of carboxylic acid groups (broad SMARTS) is 1. The largest absolute Gasteiger partial charge is 0.480 e. The Hall–Kier alpha value is -0.620. The molecule has 0 aromatic rings. The minimum atomic E-state index is -3.61. The van der Waals surface area contributed by atoms with Gasteiger partial charge in [-0.1, -0.05) is 19.3 Å². The molecule has 0 spiro atoms. The van der Waals surface area contributed by atoms with E-state index in [0.29, 0.717) is 12.8 Å². The van der Waals surface area contributed by atoms with E-state index in [1.807, 2.05) is 0 Å². The molecule has 0 radical (unpaired) electrons. The maximum atomic E-state index is 12.1. The number of carbonyl (C=O) groups is 1. The fraction of sp³-hybridized carbons (Fsp3) is 0.900. The van der Waals surface area contributed by atoms with E-state index >= 15 is 0 Å². The van der Waals surface area contributed by atoms with Gasteiger partial charge in [-0.25, -0.2) is 8.42 Å². The maximum absolute atomic E-state index is 12.1. The lowest BCUT2D eigenvalue weighted by molar-refractivity contribution is -0.137. The lowest BCUT2D eigenvalue weighted by atomic mass is 10.0. The summed E-state index contributed by atoms with van der Waals surface area (Å²) in [5.74, 6) is -1.31. The highest BCUT2D eigenvalue weighted by Gasteiger charge is 2.39. The third-order valence-corrected chi connectivity index (χ3v) is 5.54. The molecular weight excluding hydrogens is 232 g/mol. The number of hydrogen-bond acceptors (Lipinski definition) is 4. The molecule has 94 valence electrons. The summed E-state index contributed by atoms with van der Waals surface area (Å²) >= 11 is 0. The third-order valence-electron chi connectivity index (χ3n) is 3.01. The van der Waals surface area contributed by atoms with Gasteiger partial charge in [0.25, 0.3) is 0 Å². The van der Waals surface area contributed by atoms with E-state index in [4.69, 9.17) is 5.11 Å². The normalized spacial score (nSPS) is 20.6. The van der Waals surface area contributed by atoms with Crippen molar-refractivity contribution >= 4 is 15.8 Å². The number of aliphatic carboxylic acids is 1. The highest BCUT2D eigenvalue weighted by Crippen LogP contribution is 2.26. The Bertz CT molecular complexity index is 329. The summed E-state index contributed by atoms with van der Waals surface area (Å²) in [7, 11) is -2.30. The molecule has 0 aliphatic heterocycles. The Morgan fingerprint density at radius 2 is 1.94 bits per heavy atom. The quantitative estimate of drug-likeness (QED) is 0.781. The molecule has 0 aromatic heterocycles. The maximum Gasteiger partial charge on any atom is 0.324 e. The van der Waals surface area contributed by atoms with Crippen molar-refractivity contribution in [3.05, 3.63) is 0 Å². The number of methoxy groups -OCH3 is 1. The molecular formula is C10H18O5S. The summed E-state index contributed by atoms with van der Waals surface area (Å²) in [5.41, 5.74) is 0. The summed E-state index contributed by atoms with van der Waals surface area (Å²) in [6.45, 7) is -0.270. The van der Waals surface area contributed by atoms with Crippen molar-refractivity contribution in [2.24, 2.45) is 0 Å². The topological polar surface area (TPSA) is 80.7 Å². The number of rotatable bonds is 5. The Kier molecular flexibility index (Phi) is 4.73. The van der Waals surface area contributed by atoms with Crippen LogP contribution in [0.15, 0.2) is 0 Å². The van der Waals surface area contributed by atoms with E-state index < -0.39 is 26.3 Å². The van der Waals surface area contributed by atoms with Crippen molar-refractivity contribution in [3.63, 3.8) is 0 Å². The van der Waals surface area contributed by atoms with E-state index in [9.17, 15) is 13.2 Å². The smallest absolute Gasteiger partial charge is 0.324 e. The first kappa shape index (κ1) is 13.4. The first-order valence-electron chi connectivity index (χ1n) is 5.44. The van der Waals surface area contributed by atoms with Gasteiger partial charge in [-0.05, 0) is 12.8 Å². The van der Waals surface area contributed by atoms with Gasteiger partial charge in [0.05, 0.1) is 11.9 Å². The van der Waals surface area contributed by atoms with Gasteiger partial charge in [-0.3, -0.25) is 4.79 Å². The van der Waals surface area contributed by atoms with Crippen LogP contribution in [0.5, 0.6) is 0 Å². The third kappa shape index (κ3) is 2.95. The number of hydrogen-bond donors (Lipinski definition) is 1. The molecule has 0 aromatic carbocycles. The van der Waals surface area contributed by atoms with Crippen LogP contribution in [0.4, 0.5) is 0 Å². The minimum absolute atomic E-state index is 0.270. The zero-order valence-corrected chi connectivity index (χ0v) is 10.2. The summed E-state index contributed by atoms with van der Waals surface area (Å²) < 4.78 is 28.8. The molecule has 16 heavy (non-hydrogen) atoms. The van der Waals surface area contributed by atoms with Crippen LogP contribution in [0.2, 0.25) is 0 Å². The average molecular weight is 250 g/mol. The first-order chi connectivity index (χ1) is 7.50. The van der Waals surface area contributed by atoms with E-state index in [-0.39, 0.29) is 6.61 Å². The van der Waals surface area contributed by atoms with Crippen LogP contribution in [-0.4, -0.2) is 43.7 Å². The van der Waals surface area contributed by atoms with E-state index in [2.05, 4.69) is 4.74 Å². The van der Waals surface area contributed by atoms with Crippen molar-refractivity contribution < 1.29 is 23.1 Å². The molecule has 0 saturated heterocycles. The molecule has 0 heterocycles. The molecule has 0 amide bonds. The van der Waals surface area contributed by atoms with Gasteiger partial charge in [0.15, 0.2) is 15.1 Å². The number of ether oxygens (including phenoxy) is 1. The molecule has 1 aliphatic rings. The number of carboxylic acids is 1. The van der Waals surface area contributed by atoms with Crippen LogP contribution < -0.4 is 0 Å². The fourth-order valence-electron chi connectivity index (χ4n) is 2.08. The van der Waals surface area contributed by atoms with Crippen LogP contribution in [-0.2, 0) is 19.4 Å². The summed E-state index contributed by atoms with van der Waals surface area (Å²) in [6.07, 6.45) is 3.92. The first-order valence-corrected chi connectivity index (χ1v) is 7.05. The van der Waals surface area contributed by atoms with Crippen LogP contribution >= 0.6 is 0 Å². The van der Waals surface area contributed by atoms with Gasteiger partial charge in [-0.15, -0.1) is 0 Å². The molecule has 1 unspecified atom stereocenters. The van der Waals surface area contributed by atoms with Crippen molar-refractivity contribution in [1.82, 2.24) is 0 Å². The van der Waals surface area contributed by atoms with Gasteiger partial charge in [0.2, 0.25) is 0 Å². The van der Waals surface area contributed by atoms with Crippen LogP contribution in [0.25, 0.3) is 0 Å². The molecule has 5 nitrogen and oxygen atoms in total. The second kappa shape index (κ2) is 5.63. The van der Waals surface area contributed by atoms with Crippen molar-refractivity contribution in [2.75, 3.05) is 13.7 Å². The monoisotopic (exact) mass is 250 g/mol. The average Bonchev–Trinajstić information content (AvgIpc) is 2.26. The van der Waals surface area contributed by atoms with Crippen LogP contribution in [0.1, 0.15) is 32.1 Å². The standard InChI is InChI=1S/C10H18O5S/c1-15-7-9(10(11)12)16(13,14)8-5-3-2-4-6-8/h8-9H,2-7H2,1H3,(H,11,12). The highest BCUT2D eigenvalue weighted by molar-refractivity contribution is 7.93. The second-order valence-electron chi connectivity index (χ2n) is 4.13. The Morgan fingerprint density at radius 1 is 1.38 bits per heavy atom. The van der Waals surface area contributed by atoms with E-state index in [0.717, 1.165) is 19.3 Å². The molecule has 1 N–H and O–H groups in total. The van der Waals surface area contributed by atoms with Gasteiger partial charge < -0.3 is 9.84 Å². The summed E-state index contributed by atoms with van der Waals surface area (Å²) in [6, 6.07) is 0. The van der Waals surface area contributed by atoms with Crippen molar-refractivity contribution in [2.45, 2.75) is 42.6 Å². The fourth-order valence-corrected chi connectivity index (χ4v) is 4.15.